The maximum atomic E-state index is 7.98. The van der Waals surface area contributed by atoms with E-state index in [2.05, 4.69) is 25.7 Å². The summed E-state index contributed by atoms with van der Waals surface area (Å²) in [5.74, 6) is 0.787. The van der Waals surface area contributed by atoms with Crippen LogP contribution in [0.4, 0.5) is 0 Å². The Hall–Kier alpha value is -0.570. The second kappa shape index (κ2) is 5.35. The Labute approximate surface area is 86.9 Å². The number of ether oxygens (including phenoxy) is 1. The Balaban J connectivity index is 2.56. The molecule has 1 heterocycles. The van der Waals surface area contributed by atoms with Crippen LogP contribution < -0.4 is 0 Å². The normalized spacial score (nSPS) is 27.8. The van der Waals surface area contributed by atoms with Gasteiger partial charge in [-0.1, -0.05) is 13.8 Å². The van der Waals surface area contributed by atoms with E-state index in [9.17, 15) is 0 Å². The summed E-state index contributed by atoms with van der Waals surface area (Å²) in [6, 6.07) is 0.422. The fourth-order valence-electron chi connectivity index (χ4n) is 1.89. The van der Waals surface area contributed by atoms with E-state index >= 15 is 0 Å². The summed E-state index contributed by atoms with van der Waals surface area (Å²) in [6.07, 6.45) is 3.29. The van der Waals surface area contributed by atoms with Gasteiger partial charge < -0.3 is 9.64 Å². The standard InChI is InChI=1S/C11H22N2O/c1-4-6-11(12)13-7-9(3)14-8-10(13)5-2/h9-10,12H,4-8H2,1-3H3. The van der Waals surface area contributed by atoms with Crippen LogP contribution in [0.25, 0.3) is 0 Å². The molecule has 1 rings (SSSR count). The van der Waals surface area contributed by atoms with E-state index in [0.29, 0.717) is 6.04 Å². The monoisotopic (exact) mass is 198 g/mol. The summed E-state index contributed by atoms with van der Waals surface area (Å²) in [5.41, 5.74) is 0. The minimum atomic E-state index is 0.273. The van der Waals surface area contributed by atoms with E-state index in [1.54, 1.807) is 0 Å². The third-order valence-corrected chi connectivity index (χ3v) is 2.77. The number of rotatable bonds is 3. The highest BCUT2D eigenvalue weighted by molar-refractivity contribution is 5.79. The molecule has 0 radical (unpaired) electrons. The number of nitrogens with zero attached hydrogens (tertiary/aromatic N) is 1. The molecule has 0 spiro atoms. The van der Waals surface area contributed by atoms with Crippen LogP contribution in [0.1, 0.15) is 40.0 Å². The molecule has 1 aliphatic heterocycles. The molecule has 2 atom stereocenters. The van der Waals surface area contributed by atoms with Crippen molar-refractivity contribution in [1.29, 1.82) is 5.41 Å². The van der Waals surface area contributed by atoms with Gasteiger partial charge >= 0.3 is 0 Å². The fourth-order valence-corrected chi connectivity index (χ4v) is 1.89. The van der Waals surface area contributed by atoms with Crippen molar-refractivity contribution in [2.24, 2.45) is 0 Å². The summed E-state index contributed by atoms with van der Waals surface area (Å²) in [7, 11) is 0. The van der Waals surface area contributed by atoms with Gasteiger partial charge in [-0.3, -0.25) is 5.41 Å². The Morgan fingerprint density at radius 2 is 2.21 bits per heavy atom. The van der Waals surface area contributed by atoms with Crippen molar-refractivity contribution in [3.63, 3.8) is 0 Å². The second-order valence-corrected chi connectivity index (χ2v) is 4.06. The fraction of sp³-hybridized carbons (Fsp3) is 0.909. The summed E-state index contributed by atoms with van der Waals surface area (Å²) in [5, 5.41) is 7.98. The largest absolute Gasteiger partial charge is 0.375 e. The molecule has 3 heteroatoms. The van der Waals surface area contributed by atoms with Crippen LogP contribution in [0.2, 0.25) is 0 Å². The van der Waals surface area contributed by atoms with Gasteiger partial charge in [-0.25, -0.2) is 0 Å². The lowest BCUT2D eigenvalue weighted by Crippen LogP contribution is -2.51. The average Bonchev–Trinajstić information content (AvgIpc) is 2.18. The first-order valence-electron chi connectivity index (χ1n) is 5.64. The summed E-state index contributed by atoms with van der Waals surface area (Å²) in [4.78, 5) is 2.22. The van der Waals surface area contributed by atoms with Crippen molar-refractivity contribution in [1.82, 2.24) is 4.90 Å². The minimum Gasteiger partial charge on any atom is -0.375 e. The van der Waals surface area contributed by atoms with Gasteiger partial charge in [0.15, 0.2) is 0 Å². The minimum absolute atomic E-state index is 0.273. The number of morpholine rings is 1. The van der Waals surface area contributed by atoms with E-state index in [-0.39, 0.29) is 6.10 Å². The van der Waals surface area contributed by atoms with Crippen LogP contribution in [0.15, 0.2) is 0 Å². The van der Waals surface area contributed by atoms with E-state index in [4.69, 9.17) is 10.1 Å². The van der Waals surface area contributed by atoms with Crippen LogP contribution >= 0.6 is 0 Å². The number of nitrogens with one attached hydrogen (secondary N) is 1. The predicted octanol–water partition coefficient (Wildman–Crippen LogP) is 2.26. The van der Waals surface area contributed by atoms with Crippen LogP contribution in [-0.2, 0) is 4.74 Å². The first kappa shape index (κ1) is 11.5. The van der Waals surface area contributed by atoms with Crippen molar-refractivity contribution < 1.29 is 4.74 Å². The van der Waals surface area contributed by atoms with Gasteiger partial charge in [0, 0.05) is 13.0 Å². The SMILES string of the molecule is CCCC(=N)N1CC(C)OCC1CC. The molecule has 3 nitrogen and oxygen atoms in total. The molecule has 0 aromatic heterocycles. The molecule has 14 heavy (non-hydrogen) atoms. The zero-order chi connectivity index (χ0) is 10.6. The highest BCUT2D eigenvalue weighted by atomic mass is 16.5. The van der Waals surface area contributed by atoms with E-state index in [1.165, 1.54) is 0 Å². The van der Waals surface area contributed by atoms with Gasteiger partial charge in [-0.2, -0.15) is 0 Å². The van der Waals surface area contributed by atoms with Gasteiger partial charge in [0.1, 0.15) is 0 Å². The second-order valence-electron chi connectivity index (χ2n) is 4.06. The van der Waals surface area contributed by atoms with Crippen molar-refractivity contribution >= 4 is 5.84 Å². The highest BCUT2D eigenvalue weighted by Crippen LogP contribution is 2.16. The topological polar surface area (TPSA) is 36.3 Å². The molecular formula is C11H22N2O. The molecule has 0 aromatic carbocycles. The molecule has 0 aromatic rings. The number of amidine groups is 1. The molecule has 1 aliphatic rings. The molecule has 0 bridgehead atoms. The van der Waals surface area contributed by atoms with Crippen molar-refractivity contribution in [2.75, 3.05) is 13.2 Å². The molecule has 0 saturated carbocycles. The maximum Gasteiger partial charge on any atom is 0.0961 e. The Morgan fingerprint density at radius 3 is 2.79 bits per heavy atom. The van der Waals surface area contributed by atoms with Crippen molar-refractivity contribution in [2.45, 2.75) is 52.2 Å². The van der Waals surface area contributed by atoms with E-state index in [1.807, 2.05) is 0 Å². The number of hydrogen-bond donors (Lipinski definition) is 1. The van der Waals surface area contributed by atoms with Gasteiger partial charge in [0.2, 0.25) is 0 Å². The Kier molecular flexibility index (Phi) is 4.39. The third-order valence-electron chi connectivity index (χ3n) is 2.77. The van der Waals surface area contributed by atoms with Crippen molar-refractivity contribution in [3.05, 3.63) is 0 Å². The highest BCUT2D eigenvalue weighted by Gasteiger charge is 2.26. The number of hydrogen-bond acceptors (Lipinski definition) is 2. The van der Waals surface area contributed by atoms with Crippen LogP contribution in [-0.4, -0.2) is 36.0 Å². The molecule has 2 unspecified atom stereocenters. The van der Waals surface area contributed by atoms with Crippen LogP contribution in [0.5, 0.6) is 0 Å². The molecule has 0 amide bonds. The van der Waals surface area contributed by atoms with Gasteiger partial charge in [-0.05, 0) is 19.8 Å². The average molecular weight is 198 g/mol. The lowest BCUT2D eigenvalue weighted by Gasteiger charge is -2.40. The summed E-state index contributed by atoms with van der Waals surface area (Å²) >= 11 is 0. The molecule has 1 saturated heterocycles. The summed E-state index contributed by atoms with van der Waals surface area (Å²) in [6.45, 7) is 8.04. The zero-order valence-corrected chi connectivity index (χ0v) is 9.55. The quantitative estimate of drug-likeness (QED) is 0.558. The van der Waals surface area contributed by atoms with E-state index < -0.39 is 0 Å². The molecular weight excluding hydrogens is 176 g/mol. The molecule has 0 aliphatic carbocycles. The maximum absolute atomic E-state index is 7.98. The van der Waals surface area contributed by atoms with Crippen LogP contribution in [0.3, 0.4) is 0 Å². The predicted molar refractivity (Wildman–Crippen MR) is 58.8 cm³/mol. The van der Waals surface area contributed by atoms with Gasteiger partial charge in [0.25, 0.3) is 0 Å². The van der Waals surface area contributed by atoms with Gasteiger partial charge in [-0.15, -0.1) is 0 Å². The zero-order valence-electron chi connectivity index (χ0n) is 9.55. The van der Waals surface area contributed by atoms with Crippen LogP contribution in [0, 0.1) is 5.41 Å². The first-order chi connectivity index (χ1) is 6.69. The molecule has 82 valence electrons. The van der Waals surface area contributed by atoms with E-state index in [0.717, 1.165) is 38.2 Å². The van der Waals surface area contributed by atoms with Gasteiger partial charge in [0.05, 0.1) is 24.6 Å². The lowest BCUT2D eigenvalue weighted by atomic mass is 10.1. The molecule has 1 fully saturated rings. The summed E-state index contributed by atoms with van der Waals surface area (Å²) < 4.78 is 5.60. The lowest BCUT2D eigenvalue weighted by molar-refractivity contribution is -0.0294. The third kappa shape index (κ3) is 2.71. The smallest absolute Gasteiger partial charge is 0.0961 e. The molecule has 1 N–H and O–H groups in total. The van der Waals surface area contributed by atoms with Crippen molar-refractivity contribution in [3.8, 4) is 0 Å². The first-order valence-corrected chi connectivity index (χ1v) is 5.64. The Morgan fingerprint density at radius 1 is 1.50 bits per heavy atom. The Bertz CT molecular complexity index is 194.